The van der Waals surface area contributed by atoms with Crippen molar-refractivity contribution < 1.29 is 18.7 Å². The second-order valence-corrected chi connectivity index (χ2v) is 4.63. The van der Waals surface area contributed by atoms with E-state index < -0.39 is 17.6 Å². The molecule has 2 rings (SSSR count). The minimum Gasteiger partial charge on any atom is -0.476 e. The van der Waals surface area contributed by atoms with Crippen LogP contribution < -0.4 is 0 Å². The van der Waals surface area contributed by atoms with E-state index in [1.54, 1.807) is 6.26 Å². The number of nitrogens with zero attached hydrogens (tertiary/aromatic N) is 2. The van der Waals surface area contributed by atoms with E-state index in [1.165, 1.54) is 17.8 Å². The molecule has 2 aromatic rings. The quantitative estimate of drug-likeness (QED) is 0.881. The summed E-state index contributed by atoms with van der Waals surface area (Å²) >= 11 is 0.974. The van der Waals surface area contributed by atoms with Crippen molar-refractivity contribution in [1.82, 2.24) is 9.78 Å². The van der Waals surface area contributed by atoms with Gasteiger partial charge in [-0.1, -0.05) is 0 Å². The lowest BCUT2D eigenvalue weighted by Crippen LogP contribution is -1.99. The maximum atomic E-state index is 13.7. The molecule has 0 aliphatic carbocycles. The van der Waals surface area contributed by atoms with E-state index in [-0.39, 0.29) is 16.2 Å². The molecule has 0 aliphatic heterocycles. The highest BCUT2D eigenvalue weighted by Gasteiger charge is 2.16. The fraction of sp³-hybridized carbons (Fsp3) is 0.167. The van der Waals surface area contributed by atoms with Gasteiger partial charge < -0.3 is 5.11 Å². The van der Waals surface area contributed by atoms with Gasteiger partial charge in [-0.15, -0.1) is 11.8 Å². The van der Waals surface area contributed by atoms with Crippen molar-refractivity contribution in [2.75, 3.05) is 6.26 Å². The minimum absolute atomic E-state index is 0.0654. The Morgan fingerprint density at radius 3 is 2.32 bits per heavy atom. The van der Waals surface area contributed by atoms with Crippen molar-refractivity contribution in [3.8, 4) is 11.3 Å². The lowest BCUT2D eigenvalue weighted by atomic mass is 10.1. The highest BCUT2D eigenvalue weighted by atomic mass is 32.2. The number of aromatic nitrogens is 2. The van der Waals surface area contributed by atoms with Gasteiger partial charge in [0.05, 0.1) is 10.6 Å². The topological polar surface area (TPSA) is 55.1 Å². The van der Waals surface area contributed by atoms with E-state index in [2.05, 4.69) is 5.10 Å². The van der Waals surface area contributed by atoms with Gasteiger partial charge in [0, 0.05) is 12.6 Å². The van der Waals surface area contributed by atoms with Crippen LogP contribution in [0.4, 0.5) is 8.78 Å². The van der Waals surface area contributed by atoms with Crippen LogP contribution in [-0.2, 0) is 7.05 Å². The molecule has 0 amide bonds. The second-order valence-electron chi connectivity index (χ2n) is 3.82. The Kier molecular flexibility index (Phi) is 3.57. The van der Waals surface area contributed by atoms with Crippen LogP contribution in [0.15, 0.2) is 23.1 Å². The Balaban J connectivity index is 2.56. The normalized spacial score (nSPS) is 10.7. The number of carboxylic acid groups (broad SMARTS) is 1. The summed E-state index contributed by atoms with van der Waals surface area (Å²) in [7, 11) is 1.51. The Morgan fingerprint density at radius 2 is 1.89 bits per heavy atom. The zero-order valence-electron chi connectivity index (χ0n) is 10.1. The third-order valence-corrected chi connectivity index (χ3v) is 3.40. The molecule has 100 valence electrons. The number of benzene rings is 1. The number of carbonyl (C=O) groups is 1. The summed E-state index contributed by atoms with van der Waals surface area (Å²) in [6, 6.07) is 3.60. The standard InChI is InChI=1S/C12H10F2N2O2S/c1-16-10(5-9(15-16)12(17)18)6-3-7(13)11(19-2)8(14)4-6/h3-5H,1-2H3,(H,17,18). The first-order valence-electron chi connectivity index (χ1n) is 5.24. The van der Waals surface area contributed by atoms with Crippen LogP contribution in [0.1, 0.15) is 10.5 Å². The molecule has 0 aliphatic rings. The molecule has 0 unspecified atom stereocenters. The van der Waals surface area contributed by atoms with Crippen LogP contribution in [0.25, 0.3) is 11.3 Å². The van der Waals surface area contributed by atoms with Crippen LogP contribution in [0.3, 0.4) is 0 Å². The SMILES string of the molecule is CSc1c(F)cc(-c2cc(C(=O)O)nn2C)cc1F. The van der Waals surface area contributed by atoms with Gasteiger partial charge in [0.1, 0.15) is 11.6 Å². The third-order valence-electron chi connectivity index (χ3n) is 2.60. The fourth-order valence-corrected chi connectivity index (χ4v) is 2.25. The Labute approximate surface area is 112 Å². The van der Waals surface area contributed by atoms with Crippen molar-refractivity contribution >= 4 is 17.7 Å². The van der Waals surface area contributed by atoms with E-state index in [4.69, 9.17) is 5.11 Å². The number of hydrogen-bond acceptors (Lipinski definition) is 3. The van der Waals surface area contributed by atoms with Gasteiger partial charge in [0.25, 0.3) is 0 Å². The predicted octanol–water partition coefficient (Wildman–Crippen LogP) is 2.79. The third kappa shape index (κ3) is 2.46. The highest BCUT2D eigenvalue weighted by Crippen LogP contribution is 2.29. The van der Waals surface area contributed by atoms with E-state index in [0.717, 1.165) is 23.9 Å². The largest absolute Gasteiger partial charge is 0.476 e. The van der Waals surface area contributed by atoms with Crippen LogP contribution >= 0.6 is 11.8 Å². The first kappa shape index (κ1) is 13.5. The molecule has 1 aromatic heterocycles. The lowest BCUT2D eigenvalue weighted by molar-refractivity contribution is 0.0689. The number of hydrogen-bond donors (Lipinski definition) is 1. The van der Waals surface area contributed by atoms with Crippen molar-refractivity contribution in [1.29, 1.82) is 0 Å². The summed E-state index contributed by atoms with van der Waals surface area (Å²) in [5, 5.41) is 12.6. The summed E-state index contributed by atoms with van der Waals surface area (Å²) in [6.45, 7) is 0. The average Bonchev–Trinajstić information content (AvgIpc) is 2.71. The number of rotatable bonds is 3. The molecule has 0 saturated heterocycles. The summed E-state index contributed by atoms with van der Waals surface area (Å²) in [6.07, 6.45) is 1.58. The molecule has 0 fully saturated rings. The maximum absolute atomic E-state index is 13.7. The second kappa shape index (κ2) is 5.00. The van der Waals surface area contributed by atoms with Crippen LogP contribution in [0, 0.1) is 11.6 Å². The molecular weight excluding hydrogens is 274 g/mol. The van der Waals surface area contributed by atoms with Gasteiger partial charge >= 0.3 is 5.97 Å². The molecule has 1 heterocycles. The minimum atomic E-state index is -1.19. The molecule has 19 heavy (non-hydrogen) atoms. The molecule has 0 bridgehead atoms. The number of carboxylic acids is 1. The van der Waals surface area contributed by atoms with E-state index in [1.807, 2.05) is 0 Å². The van der Waals surface area contributed by atoms with Gasteiger partial charge in [-0.25, -0.2) is 13.6 Å². The average molecular weight is 284 g/mol. The molecule has 1 N–H and O–H groups in total. The molecule has 1 aromatic carbocycles. The number of thioether (sulfide) groups is 1. The number of halogens is 2. The predicted molar refractivity (Wildman–Crippen MR) is 67.3 cm³/mol. The lowest BCUT2D eigenvalue weighted by Gasteiger charge is -2.06. The maximum Gasteiger partial charge on any atom is 0.356 e. The summed E-state index contributed by atoms with van der Waals surface area (Å²) in [5.74, 6) is -2.55. The van der Waals surface area contributed by atoms with Gasteiger partial charge in [0.2, 0.25) is 0 Å². The molecular formula is C12H10F2N2O2S. The van der Waals surface area contributed by atoms with Gasteiger partial charge in [-0.3, -0.25) is 4.68 Å². The van der Waals surface area contributed by atoms with E-state index >= 15 is 0 Å². The Morgan fingerprint density at radius 1 is 1.32 bits per heavy atom. The van der Waals surface area contributed by atoms with E-state index in [0.29, 0.717) is 5.69 Å². The number of aromatic carboxylic acids is 1. The van der Waals surface area contributed by atoms with Crippen LogP contribution in [-0.4, -0.2) is 27.1 Å². The fourth-order valence-electron chi connectivity index (χ4n) is 1.74. The van der Waals surface area contributed by atoms with Gasteiger partial charge in [-0.05, 0) is 24.5 Å². The first-order valence-corrected chi connectivity index (χ1v) is 6.47. The number of aryl methyl sites for hydroxylation is 1. The van der Waals surface area contributed by atoms with E-state index in [9.17, 15) is 13.6 Å². The first-order chi connectivity index (χ1) is 8.93. The summed E-state index contributed by atoms with van der Waals surface area (Å²) in [4.78, 5) is 10.7. The monoisotopic (exact) mass is 284 g/mol. The Hall–Kier alpha value is -1.89. The summed E-state index contributed by atoms with van der Waals surface area (Å²) < 4.78 is 28.6. The zero-order valence-corrected chi connectivity index (χ0v) is 11.0. The Bertz CT molecular complexity index is 632. The van der Waals surface area contributed by atoms with Crippen molar-refractivity contribution in [3.05, 3.63) is 35.5 Å². The summed E-state index contributed by atoms with van der Waals surface area (Å²) in [5.41, 5.74) is 0.408. The van der Waals surface area contributed by atoms with Crippen LogP contribution in [0.5, 0.6) is 0 Å². The molecule has 7 heteroatoms. The zero-order chi connectivity index (χ0) is 14.2. The van der Waals surface area contributed by atoms with Crippen molar-refractivity contribution in [3.63, 3.8) is 0 Å². The molecule has 0 radical (unpaired) electrons. The smallest absolute Gasteiger partial charge is 0.356 e. The molecule has 0 atom stereocenters. The van der Waals surface area contributed by atoms with Crippen LogP contribution in [0.2, 0.25) is 0 Å². The van der Waals surface area contributed by atoms with Crippen molar-refractivity contribution in [2.24, 2.45) is 7.05 Å². The molecule has 0 spiro atoms. The van der Waals surface area contributed by atoms with Gasteiger partial charge in [0.15, 0.2) is 5.69 Å². The van der Waals surface area contributed by atoms with Crippen molar-refractivity contribution in [2.45, 2.75) is 4.90 Å². The highest BCUT2D eigenvalue weighted by molar-refractivity contribution is 7.98. The van der Waals surface area contributed by atoms with Gasteiger partial charge in [-0.2, -0.15) is 5.10 Å². The molecule has 4 nitrogen and oxygen atoms in total. The molecule has 0 saturated carbocycles.